The molecule has 1 aromatic carbocycles. The zero-order valence-electron chi connectivity index (χ0n) is 15.4. The van der Waals surface area contributed by atoms with E-state index in [9.17, 15) is 19.5 Å². The number of aromatic hydroxyl groups is 1. The maximum atomic E-state index is 12.2. The van der Waals surface area contributed by atoms with E-state index >= 15 is 0 Å². The minimum atomic E-state index is -0.763. The minimum Gasteiger partial charge on any atom is -0.494 e. The zero-order chi connectivity index (χ0) is 19.9. The van der Waals surface area contributed by atoms with Gasteiger partial charge in [0, 0.05) is 11.7 Å². The first kappa shape index (κ1) is 19.4. The number of nitrogens with zero attached hydrogens (tertiary/aromatic N) is 2. The highest BCUT2D eigenvalue weighted by Crippen LogP contribution is 2.28. The number of carbonyl (C=O) groups is 1. The molecule has 1 aliphatic carbocycles. The fourth-order valence-corrected chi connectivity index (χ4v) is 3.36. The third-order valence-electron chi connectivity index (χ3n) is 4.73. The number of rotatable bonds is 4. The Hall–Kier alpha value is -3.36. The molecule has 1 fully saturated rings. The number of H-pyrrole nitrogens is 1. The lowest BCUT2D eigenvalue weighted by molar-refractivity contribution is 0.252. The van der Waals surface area contributed by atoms with Gasteiger partial charge in [0.2, 0.25) is 5.88 Å². The number of anilines is 1. The number of hydrogen-bond acceptors (Lipinski definition) is 5. The van der Waals surface area contributed by atoms with Crippen molar-refractivity contribution in [1.29, 1.82) is 0 Å². The smallest absolute Gasteiger partial charge is 0.339 e. The van der Waals surface area contributed by atoms with Gasteiger partial charge in [-0.3, -0.25) is 14.3 Å². The molecule has 2 aromatic rings. The van der Waals surface area contributed by atoms with E-state index in [-0.39, 0.29) is 11.6 Å². The van der Waals surface area contributed by atoms with Crippen LogP contribution in [0.4, 0.5) is 10.5 Å². The van der Waals surface area contributed by atoms with E-state index in [2.05, 4.69) is 20.8 Å². The molecule has 4 N–H and O–H groups in total. The molecule has 0 atom stereocenters. The Kier molecular flexibility index (Phi) is 6.25. The summed E-state index contributed by atoms with van der Waals surface area (Å²) in [5, 5.41) is 16.8. The summed E-state index contributed by atoms with van der Waals surface area (Å²) in [6.45, 7) is 0. The summed E-state index contributed by atoms with van der Waals surface area (Å²) in [6.07, 6.45) is 6.64. The number of hydrogen-bond donors (Lipinski definition) is 4. The van der Waals surface area contributed by atoms with Crippen LogP contribution in [0.3, 0.4) is 0 Å². The quantitative estimate of drug-likeness (QED) is 0.366. The monoisotopic (exact) mass is 385 g/mol. The van der Waals surface area contributed by atoms with Gasteiger partial charge in [0.15, 0.2) is 0 Å². The van der Waals surface area contributed by atoms with Crippen LogP contribution in [0.15, 0.2) is 45.0 Å². The molecule has 3 rings (SSSR count). The predicted octanol–water partition coefficient (Wildman–Crippen LogP) is 2.29. The fraction of sp³-hybridized carbons (Fsp3) is 0.368. The molecule has 148 valence electrons. The summed E-state index contributed by atoms with van der Waals surface area (Å²) in [5.41, 5.74) is 1.23. The van der Waals surface area contributed by atoms with Gasteiger partial charge in [-0.25, -0.2) is 15.0 Å². The van der Waals surface area contributed by atoms with Crippen molar-refractivity contribution in [3.63, 3.8) is 0 Å². The molecule has 0 saturated heterocycles. The Labute approximate surface area is 161 Å². The molecule has 28 heavy (non-hydrogen) atoms. The van der Waals surface area contributed by atoms with Gasteiger partial charge in [-0.2, -0.15) is 5.10 Å². The first-order chi connectivity index (χ1) is 13.6. The Bertz CT molecular complexity index is 957. The second-order valence-electron chi connectivity index (χ2n) is 6.70. The van der Waals surface area contributed by atoms with Crippen LogP contribution in [-0.4, -0.2) is 26.9 Å². The summed E-state index contributed by atoms with van der Waals surface area (Å²) in [6, 6.07) is 8.01. The highest BCUT2D eigenvalue weighted by atomic mass is 16.3. The molecule has 2 amide bonds. The molecule has 1 aliphatic rings. The largest absolute Gasteiger partial charge is 0.494 e. The average molecular weight is 385 g/mol. The summed E-state index contributed by atoms with van der Waals surface area (Å²) in [4.78, 5) is 38.4. The molecule has 0 aliphatic heterocycles. The van der Waals surface area contributed by atoms with Gasteiger partial charge >= 0.3 is 11.7 Å². The topological polar surface area (TPSA) is 129 Å². The molecule has 9 heteroatoms. The second kappa shape index (κ2) is 9.03. The molecule has 0 radical (unpaired) electrons. The SMILES string of the molecule is O=C(NN=Cc1c(O)n(C2CCCCCC2)c(=O)[nH]c1=O)Nc1ccccc1. The van der Waals surface area contributed by atoms with Crippen molar-refractivity contribution in [3.05, 3.63) is 56.7 Å². The second-order valence-corrected chi connectivity index (χ2v) is 6.70. The van der Waals surface area contributed by atoms with Crippen molar-refractivity contribution in [3.8, 4) is 5.88 Å². The van der Waals surface area contributed by atoms with Crippen LogP contribution < -0.4 is 22.0 Å². The summed E-state index contributed by atoms with van der Waals surface area (Å²) in [7, 11) is 0. The molecular weight excluding hydrogens is 362 g/mol. The van der Waals surface area contributed by atoms with Gasteiger partial charge in [0.05, 0.1) is 6.21 Å². The minimum absolute atomic E-state index is 0.173. The van der Waals surface area contributed by atoms with Gasteiger partial charge in [0.1, 0.15) is 5.56 Å². The Morgan fingerprint density at radius 3 is 2.50 bits per heavy atom. The van der Waals surface area contributed by atoms with E-state index in [1.165, 1.54) is 4.57 Å². The Morgan fingerprint density at radius 1 is 1.14 bits per heavy atom. The maximum absolute atomic E-state index is 12.2. The highest BCUT2D eigenvalue weighted by Gasteiger charge is 2.21. The molecule has 0 spiro atoms. The summed E-state index contributed by atoms with van der Waals surface area (Å²) in [5.74, 6) is -0.435. The third-order valence-corrected chi connectivity index (χ3v) is 4.73. The van der Waals surface area contributed by atoms with Crippen LogP contribution >= 0.6 is 0 Å². The van der Waals surface area contributed by atoms with Gasteiger partial charge in [-0.05, 0) is 25.0 Å². The number of carbonyl (C=O) groups excluding carboxylic acids is 1. The van der Waals surface area contributed by atoms with E-state index in [0.717, 1.165) is 44.7 Å². The molecule has 0 unspecified atom stereocenters. The van der Waals surface area contributed by atoms with Crippen LogP contribution in [0.1, 0.15) is 50.1 Å². The van der Waals surface area contributed by atoms with E-state index in [1.807, 2.05) is 6.07 Å². The van der Waals surface area contributed by atoms with Crippen LogP contribution in [0.5, 0.6) is 5.88 Å². The van der Waals surface area contributed by atoms with E-state index in [1.54, 1.807) is 24.3 Å². The first-order valence-corrected chi connectivity index (χ1v) is 9.29. The van der Waals surface area contributed by atoms with E-state index in [4.69, 9.17) is 0 Å². The van der Waals surface area contributed by atoms with Crippen LogP contribution in [0.25, 0.3) is 0 Å². The van der Waals surface area contributed by atoms with Gasteiger partial charge in [-0.1, -0.05) is 43.9 Å². The van der Waals surface area contributed by atoms with Gasteiger partial charge < -0.3 is 10.4 Å². The standard InChI is InChI=1S/C19H23N5O4/c25-16-15(12-20-23-18(27)21-13-8-4-3-5-9-13)17(26)24(19(28)22-16)14-10-6-1-2-7-11-14/h3-5,8-9,12,14,26H,1-2,6-7,10-11H2,(H2,21,23,27)(H,22,25,28). The summed E-state index contributed by atoms with van der Waals surface area (Å²) < 4.78 is 1.22. The number of para-hydroxylation sites is 1. The molecule has 1 aromatic heterocycles. The first-order valence-electron chi connectivity index (χ1n) is 9.29. The molecule has 1 heterocycles. The summed E-state index contributed by atoms with van der Waals surface area (Å²) >= 11 is 0. The number of amides is 2. The number of aromatic nitrogens is 2. The van der Waals surface area contributed by atoms with Crippen molar-refractivity contribution in [2.75, 3.05) is 5.32 Å². The van der Waals surface area contributed by atoms with E-state index < -0.39 is 23.2 Å². The lowest BCUT2D eigenvalue weighted by atomic mass is 10.1. The van der Waals surface area contributed by atoms with E-state index in [0.29, 0.717) is 5.69 Å². The van der Waals surface area contributed by atoms with Crippen molar-refractivity contribution < 1.29 is 9.90 Å². The Morgan fingerprint density at radius 2 is 1.82 bits per heavy atom. The number of urea groups is 1. The lowest BCUT2D eigenvalue weighted by Crippen LogP contribution is -2.34. The maximum Gasteiger partial charge on any atom is 0.339 e. The number of nitrogens with one attached hydrogen (secondary N) is 3. The zero-order valence-corrected chi connectivity index (χ0v) is 15.4. The molecule has 1 saturated carbocycles. The number of aromatic amines is 1. The van der Waals surface area contributed by atoms with Crippen LogP contribution in [0.2, 0.25) is 0 Å². The van der Waals surface area contributed by atoms with Crippen molar-refractivity contribution in [2.24, 2.45) is 5.10 Å². The van der Waals surface area contributed by atoms with Crippen molar-refractivity contribution in [2.45, 2.75) is 44.6 Å². The highest BCUT2D eigenvalue weighted by molar-refractivity contribution is 5.90. The number of benzene rings is 1. The third kappa shape index (κ3) is 4.67. The van der Waals surface area contributed by atoms with Crippen LogP contribution in [-0.2, 0) is 0 Å². The van der Waals surface area contributed by atoms with Crippen molar-refractivity contribution in [1.82, 2.24) is 15.0 Å². The fourth-order valence-electron chi connectivity index (χ4n) is 3.36. The molecule has 9 nitrogen and oxygen atoms in total. The lowest BCUT2D eigenvalue weighted by Gasteiger charge is -2.19. The van der Waals surface area contributed by atoms with Gasteiger partial charge in [0.25, 0.3) is 5.56 Å². The number of hydrazone groups is 1. The normalized spacial score (nSPS) is 15.3. The average Bonchev–Trinajstić information content (AvgIpc) is 2.94. The van der Waals surface area contributed by atoms with Crippen LogP contribution in [0, 0.1) is 0 Å². The molecular formula is C19H23N5O4. The van der Waals surface area contributed by atoms with Crippen molar-refractivity contribution >= 4 is 17.9 Å². The molecule has 0 bridgehead atoms. The van der Waals surface area contributed by atoms with Gasteiger partial charge in [-0.15, -0.1) is 0 Å². The Balaban J connectivity index is 1.76. The predicted molar refractivity (Wildman–Crippen MR) is 106 cm³/mol.